The zero-order valence-corrected chi connectivity index (χ0v) is 20.5. The molecule has 0 aliphatic carbocycles. The first kappa shape index (κ1) is 24.3. The number of pyridine rings is 2. The Balaban J connectivity index is 1.69. The molecule has 180 valence electrons. The minimum Gasteiger partial charge on any atom is -0.359 e. The molecule has 4 rings (SSSR count). The van der Waals surface area contributed by atoms with Crippen LogP contribution in [0.2, 0.25) is 0 Å². The maximum absolute atomic E-state index is 13.6. The fourth-order valence-electron chi connectivity index (χ4n) is 3.86. The van der Waals surface area contributed by atoms with Crippen molar-refractivity contribution in [2.75, 3.05) is 13.6 Å². The van der Waals surface area contributed by atoms with E-state index in [9.17, 15) is 18.8 Å². The predicted octanol–water partition coefficient (Wildman–Crippen LogP) is 3.89. The summed E-state index contributed by atoms with van der Waals surface area (Å²) in [6.07, 6.45) is 1.90. The molecule has 35 heavy (non-hydrogen) atoms. The fourth-order valence-corrected chi connectivity index (χ4v) is 5.02. The summed E-state index contributed by atoms with van der Waals surface area (Å²) in [7, 11) is 3.25. The molecule has 3 aromatic heterocycles. The van der Waals surface area contributed by atoms with Crippen LogP contribution in [0.5, 0.6) is 0 Å². The smallest absolute Gasteiger partial charge is 0.264 e. The number of benzene rings is 1. The third-order valence-corrected chi connectivity index (χ3v) is 7.11. The summed E-state index contributed by atoms with van der Waals surface area (Å²) < 4.78 is 16.1. The lowest BCUT2D eigenvalue weighted by atomic mass is 10.0. The van der Waals surface area contributed by atoms with Gasteiger partial charge < -0.3 is 14.8 Å². The van der Waals surface area contributed by atoms with Crippen LogP contribution < -0.4 is 10.9 Å². The van der Waals surface area contributed by atoms with Crippen molar-refractivity contribution in [3.8, 4) is 11.1 Å². The van der Waals surface area contributed by atoms with Crippen LogP contribution in [0.15, 0.2) is 59.5 Å². The molecule has 9 heteroatoms. The zero-order chi connectivity index (χ0) is 25.1. The van der Waals surface area contributed by atoms with Crippen molar-refractivity contribution in [2.24, 2.45) is 7.05 Å². The van der Waals surface area contributed by atoms with Crippen LogP contribution in [0, 0.1) is 12.9 Å². The van der Waals surface area contributed by atoms with Gasteiger partial charge in [-0.15, -0.1) is 11.3 Å². The predicted molar refractivity (Wildman–Crippen MR) is 135 cm³/mol. The van der Waals surface area contributed by atoms with Crippen LogP contribution in [0.3, 0.4) is 0 Å². The molecular formula is C26H25FN4O3S. The standard InChI is InChI=1S/C26H25FN4O3S/c1-16-20-13-17(18-8-10-24(33)30(3)14-18)7-9-21(20)35-25(16)26(34)31(12-11-23(32)28-2)15-19-5-4-6-22(27)29-19/h4-10,13-14H,11-12,15H2,1-3H3,(H,28,32). The molecule has 0 saturated heterocycles. The highest BCUT2D eigenvalue weighted by Gasteiger charge is 2.23. The van der Waals surface area contributed by atoms with E-state index in [2.05, 4.69) is 10.3 Å². The summed E-state index contributed by atoms with van der Waals surface area (Å²) in [6, 6.07) is 13.7. The number of carbonyl (C=O) groups is 2. The molecule has 0 atom stereocenters. The Bertz CT molecular complexity index is 1480. The number of carbonyl (C=O) groups excluding carboxylic acids is 2. The lowest BCUT2D eigenvalue weighted by molar-refractivity contribution is -0.120. The van der Waals surface area contributed by atoms with Crippen molar-refractivity contribution in [1.29, 1.82) is 0 Å². The van der Waals surface area contributed by atoms with E-state index >= 15 is 0 Å². The minimum absolute atomic E-state index is 0.0842. The molecule has 0 saturated carbocycles. The van der Waals surface area contributed by atoms with Crippen LogP contribution in [0.1, 0.15) is 27.3 Å². The van der Waals surface area contributed by atoms with Gasteiger partial charge in [-0.2, -0.15) is 4.39 Å². The van der Waals surface area contributed by atoms with Crippen LogP contribution in [-0.4, -0.2) is 39.9 Å². The number of aromatic nitrogens is 2. The van der Waals surface area contributed by atoms with Gasteiger partial charge in [0.15, 0.2) is 0 Å². The summed E-state index contributed by atoms with van der Waals surface area (Å²) in [5, 5.41) is 3.51. The third-order valence-electron chi connectivity index (χ3n) is 5.85. The Hall–Kier alpha value is -3.85. The van der Waals surface area contributed by atoms with Gasteiger partial charge in [0, 0.05) is 44.0 Å². The summed E-state index contributed by atoms with van der Waals surface area (Å²) in [6.45, 7) is 2.16. The van der Waals surface area contributed by atoms with E-state index in [-0.39, 0.29) is 36.9 Å². The number of hydrogen-bond acceptors (Lipinski definition) is 5. The second-order valence-electron chi connectivity index (χ2n) is 8.24. The Morgan fingerprint density at radius 2 is 1.91 bits per heavy atom. The van der Waals surface area contributed by atoms with Crippen molar-refractivity contribution in [1.82, 2.24) is 19.8 Å². The quantitative estimate of drug-likeness (QED) is 0.397. The van der Waals surface area contributed by atoms with E-state index in [4.69, 9.17) is 0 Å². The van der Waals surface area contributed by atoms with Crippen LogP contribution in [0.25, 0.3) is 21.2 Å². The molecule has 7 nitrogen and oxygen atoms in total. The highest BCUT2D eigenvalue weighted by molar-refractivity contribution is 7.21. The minimum atomic E-state index is -0.620. The van der Waals surface area contributed by atoms with Crippen LogP contribution in [0.4, 0.5) is 4.39 Å². The number of rotatable bonds is 7. The molecule has 2 amide bonds. The van der Waals surface area contributed by atoms with E-state index in [1.54, 1.807) is 38.5 Å². The first-order valence-corrected chi connectivity index (χ1v) is 11.9. The summed E-state index contributed by atoms with van der Waals surface area (Å²) >= 11 is 1.38. The normalized spacial score (nSPS) is 11.0. The topological polar surface area (TPSA) is 84.3 Å². The lowest BCUT2D eigenvalue weighted by Crippen LogP contribution is -2.34. The first-order chi connectivity index (χ1) is 16.8. The molecule has 3 heterocycles. The number of nitrogens with zero attached hydrogens (tertiary/aromatic N) is 3. The number of fused-ring (bicyclic) bond motifs is 1. The molecule has 0 bridgehead atoms. The molecule has 0 aliphatic rings. The van der Waals surface area contributed by atoms with Crippen molar-refractivity contribution >= 4 is 33.2 Å². The van der Waals surface area contributed by atoms with E-state index in [0.29, 0.717) is 10.6 Å². The van der Waals surface area contributed by atoms with Gasteiger partial charge in [-0.25, -0.2) is 4.98 Å². The van der Waals surface area contributed by atoms with E-state index in [1.807, 2.05) is 25.1 Å². The molecule has 4 aromatic rings. The van der Waals surface area contributed by atoms with Gasteiger partial charge in [0.05, 0.1) is 17.1 Å². The van der Waals surface area contributed by atoms with Crippen molar-refractivity contribution < 1.29 is 14.0 Å². The molecule has 0 radical (unpaired) electrons. The van der Waals surface area contributed by atoms with Gasteiger partial charge in [0.1, 0.15) is 0 Å². The highest BCUT2D eigenvalue weighted by Crippen LogP contribution is 2.35. The molecule has 0 spiro atoms. The third kappa shape index (κ3) is 5.30. The average Bonchev–Trinajstić information content (AvgIpc) is 3.18. The summed E-state index contributed by atoms with van der Waals surface area (Å²) in [5.74, 6) is -1.04. The van der Waals surface area contributed by atoms with Gasteiger partial charge in [-0.05, 0) is 59.3 Å². The van der Waals surface area contributed by atoms with E-state index in [0.717, 1.165) is 26.8 Å². The maximum atomic E-state index is 13.6. The second kappa shape index (κ2) is 10.2. The van der Waals surface area contributed by atoms with Gasteiger partial charge in [-0.1, -0.05) is 12.1 Å². The van der Waals surface area contributed by atoms with Crippen LogP contribution >= 0.6 is 11.3 Å². The van der Waals surface area contributed by atoms with Crippen molar-refractivity contribution in [3.05, 3.63) is 87.2 Å². The summed E-state index contributed by atoms with van der Waals surface area (Å²) in [4.78, 5) is 43.2. The van der Waals surface area contributed by atoms with Crippen molar-refractivity contribution in [3.63, 3.8) is 0 Å². The van der Waals surface area contributed by atoms with Crippen molar-refractivity contribution in [2.45, 2.75) is 19.9 Å². The second-order valence-corrected chi connectivity index (χ2v) is 9.29. The highest BCUT2D eigenvalue weighted by atomic mass is 32.1. The van der Waals surface area contributed by atoms with Gasteiger partial charge in [0.2, 0.25) is 17.4 Å². The number of amides is 2. The van der Waals surface area contributed by atoms with E-state index in [1.165, 1.54) is 32.9 Å². The van der Waals surface area contributed by atoms with Gasteiger partial charge >= 0.3 is 0 Å². The average molecular weight is 493 g/mol. The van der Waals surface area contributed by atoms with Gasteiger partial charge in [0.25, 0.3) is 5.91 Å². The fraction of sp³-hybridized carbons (Fsp3) is 0.231. The molecule has 0 unspecified atom stereocenters. The molecule has 0 fully saturated rings. The Morgan fingerprint density at radius 3 is 2.63 bits per heavy atom. The number of hydrogen-bond donors (Lipinski definition) is 1. The molecular weight excluding hydrogens is 467 g/mol. The number of aryl methyl sites for hydroxylation is 2. The molecule has 1 aromatic carbocycles. The summed E-state index contributed by atoms with van der Waals surface area (Å²) in [5.41, 5.74) is 2.99. The molecule has 0 aliphatic heterocycles. The van der Waals surface area contributed by atoms with Crippen LogP contribution in [-0.2, 0) is 18.4 Å². The first-order valence-electron chi connectivity index (χ1n) is 11.1. The zero-order valence-electron chi connectivity index (χ0n) is 19.7. The lowest BCUT2D eigenvalue weighted by Gasteiger charge is -2.22. The number of halogens is 1. The number of thiophene rings is 1. The monoisotopic (exact) mass is 492 g/mol. The Labute approximate surface area is 205 Å². The number of nitrogens with one attached hydrogen (secondary N) is 1. The Morgan fingerprint density at radius 1 is 1.14 bits per heavy atom. The van der Waals surface area contributed by atoms with Gasteiger partial charge in [-0.3, -0.25) is 14.4 Å². The SMILES string of the molecule is CNC(=O)CCN(Cc1cccc(F)n1)C(=O)c1sc2ccc(-c3ccc(=O)n(C)c3)cc2c1C. The Kier molecular flexibility index (Phi) is 7.07. The molecule has 1 N–H and O–H groups in total. The van der Waals surface area contributed by atoms with E-state index < -0.39 is 5.95 Å². The maximum Gasteiger partial charge on any atom is 0.264 e. The largest absolute Gasteiger partial charge is 0.359 e.